The number of hydrogen-bond donors (Lipinski definition) is 1. The smallest absolute Gasteiger partial charge is 0.178 e. The second-order valence-corrected chi connectivity index (χ2v) is 6.35. The maximum Gasteiger partial charge on any atom is 0.178 e. The maximum atomic E-state index is 13.1. The Labute approximate surface area is 143 Å². The fraction of sp³-hybridized carbons (Fsp3) is 0.421. The zero-order valence-corrected chi connectivity index (χ0v) is 14.9. The van der Waals surface area contributed by atoms with Crippen LogP contribution >= 0.6 is 0 Å². The molecule has 1 aromatic heterocycles. The normalized spacial score (nSPS) is 11.2. The number of ketones is 1. The first kappa shape index (κ1) is 18.4. The number of aromatic nitrogens is 1. The van der Waals surface area contributed by atoms with Gasteiger partial charge in [0.05, 0.1) is 6.54 Å². The predicted octanol–water partition coefficient (Wildman–Crippen LogP) is 2.96. The maximum absolute atomic E-state index is 13.1. The van der Waals surface area contributed by atoms with Crippen LogP contribution in [-0.4, -0.2) is 49.0 Å². The minimum atomic E-state index is -0.264. The van der Waals surface area contributed by atoms with E-state index in [1.165, 1.54) is 12.1 Å². The first-order valence-corrected chi connectivity index (χ1v) is 8.23. The Morgan fingerprint density at radius 2 is 1.88 bits per heavy atom. The Hall–Kier alpha value is -1.98. The Morgan fingerprint density at radius 1 is 1.21 bits per heavy atom. The molecule has 0 amide bonds. The van der Waals surface area contributed by atoms with Gasteiger partial charge in [0.25, 0.3) is 0 Å². The number of rotatable bonds is 8. The van der Waals surface area contributed by atoms with Crippen molar-refractivity contribution in [3.8, 4) is 5.69 Å². The highest BCUT2D eigenvalue weighted by atomic mass is 19.1. The molecular weight excluding hydrogens is 305 g/mol. The van der Waals surface area contributed by atoms with E-state index in [-0.39, 0.29) is 11.6 Å². The van der Waals surface area contributed by atoms with Crippen molar-refractivity contribution < 1.29 is 9.18 Å². The molecule has 0 atom stereocenters. The quantitative estimate of drug-likeness (QED) is 0.597. The molecule has 1 N–H and O–H groups in total. The summed E-state index contributed by atoms with van der Waals surface area (Å²) in [6.07, 6.45) is 1.01. The van der Waals surface area contributed by atoms with E-state index in [2.05, 4.69) is 10.2 Å². The Morgan fingerprint density at radius 3 is 2.50 bits per heavy atom. The lowest BCUT2D eigenvalue weighted by atomic mass is 10.1. The molecule has 0 aliphatic heterocycles. The van der Waals surface area contributed by atoms with Crippen LogP contribution in [0.15, 0.2) is 30.3 Å². The lowest BCUT2D eigenvalue weighted by Crippen LogP contribution is -2.26. The van der Waals surface area contributed by atoms with Gasteiger partial charge < -0.3 is 14.8 Å². The molecule has 0 saturated carbocycles. The van der Waals surface area contributed by atoms with E-state index in [1.54, 1.807) is 12.1 Å². The lowest BCUT2D eigenvalue weighted by Gasteiger charge is -2.10. The number of halogens is 1. The van der Waals surface area contributed by atoms with Crippen molar-refractivity contribution >= 4 is 5.78 Å². The van der Waals surface area contributed by atoms with Crippen LogP contribution < -0.4 is 5.32 Å². The second kappa shape index (κ2) is 8.22. The van der Waals surface area contributed by atoms with Crippen LogP contribution in [0.2, 0.25) is 0 Å². The highest BCUT2D eigenvalue weighted by molar-refractivity contribution is 5.99. The standard InChI is InChI=1S/C19H26FN3O/c1-14-12-18(19(24)13-21-10-5-11-22(3)4)15(2)23(14)17-8-6-16(20)7-9-17/h6-9,12,21H,5,10-11,13H2,1-4H3. The van der Waals surface area contributed by atoms with Crippen LogP contribution in [0.3, 0.4) is 0 Å². The van der Waals surface area contributed by atoms with Crippen molar-refractivity contribution in [3.05, 3.63) is 53.1 Å². The molecule has 1 aromatic carbocycles. The number of benzene rings is 1. The zero-order chi connectivity index (χ0) is 17.7. The summed E-state index contributed by atoms with van der Waals surface area (Å²) in [6.45, 7) is 6.04. The Balaban J connectivity index is 2.05. The van der Waals surface area contributed by atoms with E-state index in [4.69, 9.17) is 0 Å². The largest absolute Gasteiger partial charge is 0.318 e. The molecule has 0 aliphatic rings. The van der Waals surface area contributed by atoms with Crippen LogP contribution in [0.5, 0.6) is 0 Å². The van der Waals surface area contributed by atoms with Gasteiger partial charge in [0.1, 0.15) is 5.82 Å². The topological polar surface area (TPSA) is 37.3 Å². The van der Waals surface area contributed by atoms with E-state index in [0.29, 0.717) is 6.54 Å². The molecule has 4 nitrogen and oxygen atoms in total. The van der Waals surface area contributed by atoms with E-state index in [1.807, 2.05) is 38.6 Å². The Kier molecular flexibility index (Phi) is 6.29. The third kappa shape index (κ3) is 4.52. The fourth-order valence-corrected chi connectivity index (χ4v) is 2.85. The monoisotopic (exact) mass is 331 g/mol. The van der Waals surface area contributed by atoms with Gasteiger partial charge in [0, 0.05) is 22.6 Å². The summed E-state index contributed by atoms with van der Waals surface area (Å²) in [5.74, 6) is -0.180. The van der Waals surface area contributed by atoms with E-state index >= 15 is 0 Å². The average Bonchev–Trinajstić information content (AvgIpc) is 2.82. The van der Waals surface area contributed by atoms with E-state index in [0.717, 1.165) is 42.1 Å². The van der Waals surface area contributed by atoms with E-state index < -0.39 is 0 Å². The first-order chi connectivity index (χ1) is 11.4. The van der Waals surface area contributed by atoms with E-state index in [9.17, 15) is 9.18 Å². The molecule has 24 heavy (non-hydrogen) atoms. The molecule has 0 unspecified atom stereocenters. The van der Waals surface area contributed by atoms with Gasteiger partial charge in [-0.05, 0) is 77.8 Å². The van der Waals surface area contributed by atoms with Crippen LogP contribution in [0, 0.1) is 19.7 Å². The van der Waals surface area contributed by atoms with Gasteiger partial charge in [-0.15, -0.1) is 0 Å². The highest BCUT2D eigenvalue weighted by Crippen LogP contribution is 2.21. The molecule has 0 aliphatic carbocycles. The second-order valence-electron chi connectivity index (χ2n) is 6.35. The number of aryl methyl sites for hydroxylation is 1. The molecule has 2 rings (SSSR count). The molecule has 130 valence electrons. The van der Waals surface area contributed by atoms with Crippen molar-refractivity contribution in [1.82, 2.24) is 14.8 Å². The fourth-order valence-electron chi connectivity index (χ4n) is 2.85. The molecule has 0 fully saturated rings. The molecular formula is C19H26FN3O. The molecule has 0 radical (unpaired) electrons. The minimum Gasteiger partial charge on any atom is -0.318 e. The number of carbonyl (C=O) groups excluding carboxylic acids is 1. The number of carbonyl (C=O) groups is 1. The van der Waals surface area contributed by atoms with Gasteiger partial charge in [-0.3, -0.25) is 4.79 Å². The third-order valence-corrected chi connectivity index (χ3v) is 4.06. The Bertz CT molecular complexity index is 689. The minimum absolute atomic E-state index is 0.0846. The number of nitrogens with zero attached hydrogens (tertiary/aromatic N) is 2. The van der Waals surface area contributed by atoms with Crippen molar-refractivity contribution in [1.29, 1.82) is 0 Å². The van der Waals surface area contributed by atoms with Gasteiger partial charge in [-0.25, -0.2) is 4.39 Å². The molecule has 0 saturated heterocycles. The summed E-state index contributed by atoms with van der Waals surface area (Å²) >= 11 is 0. The van der Waals surface area contributed by atoms with Gasteiger partial charge in [-0.2, -0.15) is 0 Å². The summed E-state index contributed by atoms with van der Waals surface area (Å²) in [7, 11) is 4.07. The van der Waals surface area contributed by atoms with Gasteiger partial charge >= 0.3 is 0 Å². The lowest BCUT2D eigenvalue weighted by molar-refractivity contribution is 0.0990. The summed E-state index contributed by atoms with van der Waals surface area (Å²) in [6, 6.07) is 8.22. The van der Waals surface area contributed by atoms with Crippen molar-refractivity contribution in [2.45, 2.75) is 20.3 Å². The van der Waals surface area contributed by atoms with Crippen LogP contribution in [0.25, 0.3) is 5.69 Å². The van der Waals surface area contributed by atoms with Crippen molar-refractivity contribution in [3.63, 3.8) is 0 Å². The summed E-state index contributed by atoms with van der Waals surface area (Å²) in [4.78, 5) is 14.6. The van der Waals surface area contributed by atoms with Crippen LogP contribution in [-0.2, 0) is 0 Å². The molecule has 0 bridgehead atoms. The average molecular weight is 331 g/mol. The van der Waals surface area contributed by atoms with Crippen LogP contribution in [0.4, 0.5) is 4.39 Å². The molecule has 1 heterocycles. The molecule has 2 aromatic rings. The van der Waals surface area contributed by atoms with Gasteiger partial charge in [0.15, 0.2) is 5.78 Å². The number of nitrogens with one attached hydrogen (secondary N) is 1. The van der Waals surface area contributed by atoms with Crippen molar-refractivity contribution in [2.24, 2.45) is 0 Å². The highest BCUT2D eigenvalue weighted by Gasteiger charge is 2.16. The molecule has 5 heteroatoms. The van der Waals surface area contributed by atoms with Gasteiger partial charge in [-0.1, -0.05) is 0 Å². The number of hydrogen-bond acceptors (Lipinski definition) is 3. The first-order valence-electron chi connectivity index (χ1n) is 8.23. The van der Waals surface area contributed by atoms with Gasteiger partial charge in [0.2, 0.25) is 0 Å². The van der Waals surface area contributed by atoms with Crippen molar-refractivity contribution in [2.75, 3.05) is 33.7 Å². The summed E-state index contributed by atoms with van der Waals surface area (Å²) < 4.78 is 15.1. The summed E-state index contributed by atoms with van der Waals surface area (Å²) in [5.41, 5.74) is 3.44. The molecule has 0 spiro atoms. The predicted molar refractivity (Wildman–Crippen MR) is 95.6 cm³/mol. The van der Waals surface area contributed by atoms with Crippen LogP contribution in [0.1, 0.15) is 28.2 Å². The summed E-state index contributed by atoms with van der Waals surface area (Å²) in [5, 5.41) is 3.21. The zero-order valence-electron chi connectivity index (χ0n) is 14.9. The number of Topliss-reactive ketones (excluding diaryl/α,β-unsaturated/α-hetero) is 1. The third-order valence-electron chi connectivity index (χ3n) is 4.06. The SMILES string of the molecule is Cc1cc(C(=O)CNCCCN(C)C)c(C)n1-c1ccc(F)cc1.